The number of benzene rings is 1. The highest BCUT2D eigenvalue weighted by atomic mass is 32.2. The van der Waals surface area contributed by atoms with E-state index in [0.29, 0.717) is 6.61 Å². The molecule has 0 bridgehead atoms. The zero-order chi connectivity index (χ0) is 23.5. The minimum Gasteiger partial charge on any atom is -0.366 e. The Labute approximate surface area is 206 Å². The van der Waals surface area contributed by atoms with Crippen molar-refractivity contribution in [3.05, 3.63) is 63.3 Å². The molecule has 1 fully saturated rings. The van der Waals surface area contributed by atoms with E-state index in [-0.39, 0.29) is 17.4 Å². The number of nitrogens with zero attached hydrogens (tertiary/aromatic N) is 4. The van der Waals surface area contributed by atoms with Crippen LogP contribution >= 0.6 is 23.1 Å². The second-order valence-corrected chi connectivity index (χ2v) is 10.3. The summed E-state index contributed by atoms with van der Waals surface area (Å²) >= 11 is 3.32. The van der Waals surface area contributed by atoms with Crippen molar-refractivity contribution in [2.75, 3.05) is 39.3 Å². The van der Waals surface area contributed by atoms with Gasteiger partial charge in [-0.25, -0.2) is 0 Å². The molecule has 0 aliphatic carbocycles. The van der Waals surface area contributed by atoms with Gasteiger partial charge in [0.2, 0.25) is 6.79 Å². The highest BCUT2D eigenvalue weighted by Gasteiger charge is 2.33. The van der Waals surface area contributed by atoms with Crippen LogP contribution < -0.4 is 0 Å². The number of piperidine rings is 1. The third-order valence-corrected chi connectivity index (χ3v) is 8.45. The first kappa shape index (κ1) is 23.1. The van der Waals surface area contributed by atoms with Crippen LogP contribution in [0.15, 0.2) is 52.0 Å². The van der Waals surface area contributed by atoms with Crippen LogP contribution in [0.3, 0.4) is 0 Å². The highest BCUT2D eigenvalue weighted by Crippen LogP contribution is 2.48. The van der Waals surface area contributed by atoms with Gasteiger partial charge in [0.15, 0.2) is 0 Å². The Bertz CT molecular complexity index is 1200. The number of nitro benzene ring substituents is 1. The van der Waals surface area contributed by atoms with Crippen LogP contribution in [-0.2, 0) is 9.57 Å². The van der Waals surface area contributed by atoms with Gasteiger partial charge < -0.3 is 19.0 Å². The van der Waals surface area contributed by atoms with Crippen molar-refractivity contribution >= 4 is 34.5 Å². The maximum Gasteiger partial charge on any atom is 0.269 e. The fraction of sp³-hybridized carbons (Fsp3) is 0.375. The van der Waals surface area contributed by atoms with Gasteiger partial charge in [-0.3, -0.25) is 10.1 Å². The third kappa shape index (κ3) is 4.50. The molecule has 34 heavy (non-hydrogen) atoms. The van der Waals surface area contributed by atoms with E-state index in [1.54, 1.807) is 35.2 Å². The largest absolute Gasteiger partial charge is 0.366 e. The molecule has 178 valence electrons. The van der Waals surface area contributed by atoms with Gasteiger partial charge in [-0.15, -0.1) is 23.1 Å². The lowest BCUT2D eigenvalue weighted by atomic mass is 10.1. The summed E-state index contributed by atoms with van der Waals surface area (Å²) in [5, 5.41) is 15.5. The lowest BCUT2D eigenvalue weighted by molar-refractivity contribution is -0.384. The monoisotopic (exact) mass is 498 g/mol. The summed E-state index contributed by atoms with van der Waals surface area (Å²) in [6, 6.07) is 10.7. The Balaban J connectivity index is 1.34. The smallest absolute Gasteiger partial charge is 0.269 e. The maximum absolute atomic E-state index is 11.1. The second kappa shape index (κ2) is 10.3. The molecule has 0 unspecified atom stereocenters. The first-order valence-electron chi connectivity index (χ1n) is 11.3. The Morgan fingerprint density at radius 1 is 1.18 bits per heavy atom. The average Bonchev–Trinajstić information content (AvgIpc) is 3.54. The second-order valence-electron chi connectivity index (χ2n) is 8.21. The van der Waals surface area contributed by atoms with E-state index in [2.05, 4.69) is 14.6 Å². The first-order valence-corrected chi connectivity index (χ1v) is 13.4. The SMILES string of the molecule is CSc1sc2c(c1-c1ccc([N+](=O)[O-])cc1)-n1cccc1/C2=N/OCOCCN1CCCCC1. The van der Waals surface area contributed by atoms with Crippen molar-refractivity contribution in [2.24, 2.45) is 5.16 Å². The van der Waals surface area contributed by atoms with Crippen molar-refractivity contribution in [1.29, 1.82) is 0 Å². The van der Waals surface area contributed by atoms with Gasteiger partial charge in [0.1, 0.15) is 5.71 Å². The molecule has 1 aromatic carbocycles. The summed E-state index contributed by atoms with van der Waals surface area (Å²) in [6.45, 7) is 3.97. The predicted molar refractivity (Wildman–Crippen MR) is 135 cm³/mol. The molecule has 10 heteroatoms. The molecule has 4 heterocycles. The van der Waals surface area contributed by atoms with Crippen molar-refractivity contribution in [1.82, 2.24) is 9.47 Å². The van der Waals surface area contributed by atoms with Gasteiger partial charge in [-0.1, -0.05) is 11.6 Å². The van der Waals surface area contributed by atoms with E-state index >= 15 is 0 Å². The Hall–Kier alpha value is -2.66. The number of thioether (sulfide) groups is 1. The lowest BCUT2D eigenvalue weighted by Crippen LogP contribution is -2.32. The molecule has 2 aromatic heterocycles. The van der Waals surface area contributed by atoms with Crippen LogP contribution in [-0.4, -0.2) is 59.4 Å². The number of hydrogen-bond acceptors (Lipinski definition) is 8. The predicted octanol–water partition coefficient (Wildman–Crippen LogP) is 5.38. The molecule has 8 nitrogen and oxygen atoms in total. The van der Waals surface area contributed by atoms with Crippen LogP contribution in [0, 0.1) is 10.1 Å². The van der Waals surface area contributed by atoms with Crippen LogP contribution in [0.25, 0.3) is 16.8 Å². The molecule has 0 N–H and O–H groups in total. The molecule has 0 amide bonds. The fourth-order valence-electron chi connectivity index (χ4n) is 4.48. The number of hydrogen-bond donors (Lipinski definition) is 0. The minimum absolute atomic E-state index is 0.0823. The van der Waals surface area contributed by atoms with Crippen molar-refractivity contribution in [3.8, 4) is 16.8 Å². The van der Waals surface area contributed by atoms with E-state index in [0.717, 1.165) is 56.9 Å². The van der Waals surface area contributed by atoms with E-state index in [4.69, 9.17) is 9.57 Å². The zero-order valence-electron chi connectivity index (χ0n) is 18.9. The summed E-state index contributed by atoms with van der Waals surface area (Å²) in [5.41, 5.74) is 4.87. The first-order chi connectivity index (χ1) is 16.7. The lowest BCUT2D eigenvalue weighted by Gasteiger charge is -2.25. The molecule has 0 saturated carbocycles. The number of ether oxygens (including phenoxy) is 1. The molecule has 2 aliphatic rings. The number of aromatic nitrogens is 1. The number of nitro groups is 1. The molecule has 5 rings (SSSR count). The number of rotatable bonds is 9. The van der Waals surface area contributed by atoms with Gasteiger partial charge in [0.25, 0.3) is 5.69 Å². The minimum atomic E-state index is -0.377. The average molecular weight is 499 g/mol. The standard InChI is InChI=1S/C24H26N4O4S2/c1-33-24-20(17-7-9-18(10-8-17)28(29)30)22-23(34-24)21(19-6-5-13-27(19)22)25-32-16-31-15-14-26-11-3-2-4-12-26/h5-10,13H,2-4,11-12,14-16H2,1H3/b25-21-. The van der Waals surface area contributed by atoms with Crippen LogP contribution in [0.5, 0.6) is 0 Å². The van der Waals surface area contributed by atoms with Gasteiger partial charge in [-0.2, -0.15) is 0 Å². The molecular weight excluding hydrogens is 472 g/mol. The normalized spacial score (nSPS) is 16.6. The van der Waals surface area contributed by atoms with E-state index < -0.39 is 0 Å². The molecule has 2 aliphatic heterocycles. The van der Waals surface area contributed by atoms with E-state index in [1.807, 2.05) is 36.7 Å². The number of thiophene rings is 1. The van der Waals surface area contributed by atoms with Crippen molar-refractivity contribution < 1.29 is 14.5 Å². The van der Waals surface area contributed by atoms with Crippen molar-refractivity contribution in [2.45, 2.75) is 23.5 Å². The Morgan fingerprint density at radius 2 is 1.97 bits per heavy atom. The molecule has 0 radical (unpaired) electrons. The summed E-state index contributed by atoms with van der Waals surface area (Å²) < 4.78 is 8.91. The molecule has 3 aromatic rings. The maximum atomic E-state index is 11.1. The molecule has 0 atom stereocenters. The number of fused-ring (bicyclic) bond motifs is 3. The summed E-state index contributed by atoms with van der Waals surface area (Å²) in [5.74, 6) is 0. The highest BCUT2D eigenvalue weighted by molar-refractivity contribution is 8.00. The number of non-ortho nitro benzene ring substituents is 1. The van der Waals surface area contributed by atoms with Gasteiger partial charge in [0.05, 0.1) is 32.0 Å². The van der Waals surface area contributed by atoms with Gasteiger partial charge in [-0.05, 0) is 62.0 Å². The van der Waals surface area contributed by atoms with Gasteiger partial charge in [0, 0.05) is 30.4 Å². The Kier molecular flexibility index (Phi) is 7.00. The summed E-state index contributed by atoms with van der Waals surface area (Å²) in [4.78, 5) is 19.7. The number of oxime groups is 1. The Morgan fingerprint density at radius 3 is 2.71 bits per heavy atom. The third-order valence-electron chi connectivity index (χ3n) is 6.14. The quantitative estimate of drug-likeness (QED) is 0.101. The zero-order valence-corrected chi connectivity index (χ0v) is 20.6. The fourth-order valence-corrected chi connectivity index (χ4v) is 6.52. The van der Waals surface area contributed by atoms with E-state index in [1.165, 1.54) is 19.3 Å². The van der Waals surface area contributed by atoms with Crippen molar-refractivity contribution in [3.63, 3.8) is 0 Å². The summed E-state index contributed by atoms with van der Waals surface area (Å²) in [7, 11) is 0. The van der Waals surface area contributed by atoms with E-state index in [9.17, 15) is 10.1 Å². The molecule has 1 saturated heterocycles. The molecule has 0 spiro atoms. The summed E-state index contributed by atoms with van der Waals surface area (Å²) in [6.07, 6.45) is 7.92. The van der Waals surface area contributed by atoms with Gasteiger partial charge >= 0.3 is 0 Å². The van der Waals surface area contributed by atoms with Crippen LogP contribution in [0.1, 0.15) is 29.8 Å². The molecular formula is C24H26N4O4S2. The van der Waals surface area contributed by atoms with Crippen LogP contribution in [0.2, 0.25) is 0 Å². The van der Waals surface area contributed by atoms with Crippen LogP contribution in [0.4, 0.5) is 5.69 Å². The topological polar surface area (TPSA) is 82.1 Å². The number of likely N-dealkylation sites (tertiary alicyclic amines) is 1.